The number of amides is 1. The van der Waals surface area contributed by atoms with Crippen LogP contribution < -0.4 is 15.6 Å². The average molecular weight is 380 g/mol. The van der Waals surface area contributed by atoms with Gasteiger partial charge in [0.2, 0.25) is 5.91 Å². The fraction of sp³-hybridized carbons (Fsp3) is 0.333. The summed E-state index contributed by atoms with van der Waals surface area (Å²) < 4.78 is 6.89. The number of unbranched alkanes of at least 4 members (excludes halogenated alkanes) is 1. The number of ether oxygens (including phenoxy) is 1. The molecule has 0 saturated carbocycles. The van der Waals surface area contributed by atoms with Crippen LogP contribution in [0.4, 0.5) is 0 Å². The SMILES string of the molecule is Cc1ccc(OCCCCNC(=O)CCn2nnc3ccccc3c2=O)cc1. The number of rotatable bonds is 9. The smallest absolute Gasteiger partial charge is 0.277 e. The minimum atomic E-state index is -0.230. The normalized spacial score (nSPS) is 10.8. The number of hydrogen-bond acceptors (Lipinski definition) is 5. The molecule has 7 heteroatoms. The molecule has 3 aromatic rings. The molecule has 0 radical (unpaired) electrons. The van der Waals surface area contributed by atoms with Crippen molar-refractivity contribution in [3.8, 4) is 5.75 Å². The molecule has 0 atom stereocenters. The molecule has 0 saturated heterocycles. The second-order valence-electron chi connectivity index (χ2n) is 6.60. The largest absolute Gasteiger partial charge is 0.494 e. The van der Waals surface area contributed by atoms with E-state index in [0.717, 1.165) is 18.6 Å². The zero-order valence-electron chi connectivity index (χ0n) is 15.9. The standard InChI is InChI=1S/C21H24N4O3/c1-16-8-10-17(11-9-16)28-15-5-4-13-22-20(26)12-14-25-21(27)18-6-2-3-7-19(18)23-24-25/h2-3,6-11H,4-5,12-15H2,1H3,(H,22,26). The number of carbonyl (C=O) groups excluding carboxylic acids is 1. The van der Waals surface area contributed by atoms with Crippen molar-refractivity contribution >= 4 is 16.8 Å². The van der Waals surface area contributed by atoms with Crippen LogP contribution in [0.3, 0.4) is 0 Å². The lowest BCUT2D eigenvalue weighted by atomic mass is 10.2. The van der Waals surface area contributed by atoms with Crippen molar-refractivity contribution in [3.05, 3.63) is 64.4 Å². The van der Waals surface area contributed by atoms with Crippen LogP contribution in [0, 0.1) is 6.92 Å². The van der Waals surface area contributed by atoms with Gasteiger partial charge in [-0.05, 0) is 44.0 Å². The second kappa shape index (κ2) is 9.64. The lowest BCUT2D eigenvalue weighted by Crippen LogP contribution is -2.29. The first-order valence-electron chi connectivity index (χ1n) is 9.42. The first-order chi connectivity index (χ1) is 13.6. The molecule has 1 N–H and O–H groups in total. The van der Waals surface area contributed by atoms with Gasteiger partial charge in [0.15, 0.2) is 0 Å². The van der Waals surface area contributed by atoms with Gasteiger partial charge in [0.1, 0.15) is 11.3 Å². The monoisotopic (exact) mass is 380 g/mol. The van der Waals surface area contributed by atoms with Gasteiger partial charge in [-0.2, -0.15) is 0 Å². The van der Waals surface area contributed by atoms with Gasteiger partial charge in [0.05, 0.1) is 18.5 Å². The molecule has 0 bridgehead atoms. The first kappa shape index (κ1) is 19.5. The Bertz CT molecular complexity index is 983. The number of nitrogens with one attached hydrogen (secondary N) is 1. The third kappa shape index (κ3) is 5.39. The number of fused-ring (bicyclic) bond motifs is 1. The molecule has 0 aliphatic heterocycles. The number of benzene rings is 2. The Morgan fingerprint density at radius 1 is 1.11 bits per heavy atom. The van der Waals surface area contributed by atoms with Crippen LogP contribution in [0.2, 0.25) is 0 Å². The van der Waals surface area contributed by atoms with Crippen molar-refractivity contribution in [3.63, 3.8) is 0 Å². The van der Waals surface area contributed by atoms with E-state index in [1.54, 1.807) is 24.3 Å². The van der Waals surface area contributed by atoms with E-state index in [1.165, 1.54) is 10.2 Å². The van der Waals surface area contributed by atoms with Crippen LogP contribution in [-0.2, 0) is 11.3 Å². The molecule has 28 heavy (non-hydrogen) atoms. The zero-order chi connectivity index (χ0) is 19.8. The highest BCUT2D eigenvalue weighted by Crippen LogP contribution is 2.11. The maximum Gasteiger partial charge on any atom is 0.277 e. The van der Waals surface area contributed by atoms with Gasteiger partial charge < -0.3 is 10.1 Å². The van der Waals surface area contributed by atoms with Crippen molar-refractivity contribution in [2.75, 3.05) is 13.2 Å². The maximum absolute atomic E-state index is 12.3. The van der Waals surface area contributed by atoms with E-state index in [1.807, 2.05) is 31.2 Å². The van der Waals surface area contributed by atoms with Gasteiger partial charge in [-0.1, -0.05) is 35.0 Å². The van der Waals surface area contributed by atoms with Gasteiger partial charge in [-0.3, -0.25) is 9.59 Å². The fourth-order valence-electron chi connectivity index (χ4n) is 2.74. The van der Waals surface area contributed by atoms with Crippen LogP contribution in [0.5, 0.6) is 5.75 Å². The third-order valence-electron chi connectivity index (χ3n) is 4.36. The number of hydrogen-bond donors (Lipinski definition) is 1. The van der Waals surface area contributed by atoms with Crippen molar-refractivity contribution in [1.82, 2.24) is 20.3 Å². The van der Waals surface area contributed by atoms with Crippen molar-refractivity contribution in [1.29, 1.82) is 0 Å². The Morgan fingerprint density at radius 2 is 1.89 bits per heavy atom. The topological polar surface area (TPSA) is 86.1 Å². The molecule has 0 fully saturated rings. The molecule has 2 aromatic carbocycles. The highest BCUT2D eigenvalue weighted by molar-refractivity contribution is 5.77. The van der Waals surface area contributed by atoms with Crippen LogP contribution in [0.15, 0.2) is 53.3 Å². The van der Waals surface area contributed by atoms with E-state index in [4.69, 9.17) is 4.74 Å². The van der Waals surface area contributed by atoms with Gasteiger partial charge in [-0.25, -0.2) is 4.68 Å². The molecule has 0 aliphatic rings. The molecule has 0 unspecified atom stereocenters. The lowest BCUT2D eigenvalue weighted by Gasteiger charge is -2.08. The van der Waals surface area contributed by atoms with E-state index < -0.39 is 0 Å². The molecule has 0 spiro atoms. The predicted molar refractivity (Wildman–Crippen MR) is 107 cm³/mol. The summed E-state index contributed by atoms with van der Waals surface area (Å²) in [6, 6.07) is 15.0. The van der Waals surface area contributed by atoms with Crippen LogP contribution >= 0.6 is 0 Å². The predicted octanol–water partition coefficient (Wildman–Crippen LogP) is 2.47. The molecular formula is C21H24N4O3. The molecule has 146 valence electrons. The molecule has 3 rings (SSSR count). The highest BCUT2D eigenvalue weighted by atomic mass is 16.5. The van der Waals surface area contributed by atoms with E-state index in [9.17, 15) is 9.59 Å². The highest BCUT2D eigenvalue weighted by Gasteiger charge is 2.07. The van der Waals surface area contributed by atoms with E-state index in [-0.39, 0.29) is 24.4 Å². The van der Waals surface area contributed by atoms with Crippen molar-refractivity contribution in [2.24, 2.45) is 0 Å². The van der Waals surface area contributed by atoms with Crippen molar-refractivity contribution < 1.29 is 9.53 Å². The summed E-state index contributed by atoms with van der Waals surface area (Å²) in [6.07, 6.45) is 1.86. The summed E-state index contributed by atoms with van der Waals surface area (Å²) in [4.78, 5) is 24.3. The summed E-state index contributed by atoms with van der Waals surface area (Å²) >= 11 is 0. The van der Waals surface area contributed by atoms with Gasteiger partial charge in [0, 0.05) is 13.0 Å². The van der Waals surface area contributed by atoms with Gasteiger partial charge >= 0.3 is 0 Å². The van der Waals surface area contributed by atoms with Crippen LogP contribution in [-0.4, -0.2) is 34.1 Å². The third-order valence-corrected chi connectivity index (χ3v) is 4.36. The molecule has 1 heterocycles. The molecule has 1 amide bonds. The Hall–Kier alpha value is -3.22. The van der Waals surface area contributed by atoms with E-state index >= 15 is 0 Å². The summed E-state index contributed by atoms with van der Waals surface area (Å²) in [6.45, 7) is 3.43. The molecular weight excluding hydrogens is 356 g/mol. The Labute approximate surface area is 163 Å². The lowest BCUT2D eigenvalue weighted by molar-refractivity contribution is -0.121. The number of aryl methyl sites for hydroxylation is 2. The van der Waals surface area contributed by atoms with E-state index in [2.05, 4.69) is 15.6 Å². The zero-order valence-corrected chi connectivity index (χ0v) is 15.9. The van der Waals surface area contributed by atoms with Crippen molar-refractivity contribution in [2.45, 2.75) is 32.7 Å². The quantitative estimate of drug-likeness (QED) is 0.576. The van der Waals surface area contributed by atoms with Gasteiger partial charge in [0.25, 0.3) is 5.56 Å². The van der Waals surface area contributed by atoms with E-state index in [0.29, 0.717) is 24.1 Å². The molecule has 1 aromatic heterocycles. The number of carbonyl (C=O) groups is 1. The second-order valence-corrected chi connectivity index (χ2v) is 6.60. The number of nitrogens with zero attached hydrogens (tertiary/aromatic N) is 3. The molecule has 0 aliphatic carbocycles. The Morgan fingerprint density at radius 3 is 2.71 bits per heavy atom. The summed E-state index contributed by atoms with van der Waals surface area (Å²) in [7, 11) is 0. The number of aromatic nitrogens is 3. The minimum Gasteiger partial charge on any atom is -0.494 e. The maximum atomic E-state index is 12.3. The summed E-state index contributed by atoms with van der Waals surface area (Å²) in [5.41, 5.74) is 1.53. The summed E-state index contributed by atoms with van der Waals surface area (Å²) in [5, 5.41) is 11.3. The Balaban J connectivity index is 1.34. The van der Waals surface area contributed by atoms with Crippen LogP contribution in [0.25, 0.3) is 10.9 Å². The summed E-state index contributed by atoms with van der Waals surface area (Å²) in [5.74, 6) is 0.748. The average Bonchev–Trinajstić information content (AvgIpc) is 2.71. The molecule has 7 nitrogen and oxygen atoms in total. The fourth-order valence-corrected chi connectivity index (χ4v) is 2.74. The first-order valence-corrected chi connectivity index (χ1v) is 9.42. The minimum absolute atomic E-state index is 0.110. The van der Waals surface area contributed by atoms with Crippen LogP contribution in [0.1, 0.15) is 24.8 Å². The Kier molecular flexibility index (Phi) is 6.73. The van der Waals surface area contributed by atoms with Gasteiger partial charge in [-0.15, -0.1) is 5.10 Å².